The summed E-state index contributed by atoms with van der Waals surface area (Å²) in [4.78, 5) is 0. The maximum atomic E-state index is 5.72. The fourth-order valence-electron chi connectivity index (χ4n) is 1.65. The minimum atomic E-state index is 0.427. The Morgan fingerprint density at radius 3 is 2.95 bits per heavy atom. The molecule has 2 rings (SSSR count). The quantitative estimate of drug-likeness (QED) is 0.885. The van der Waals surface area contributed by atoms with Crippen LogP contribution in [0.4, 0.5) is 0 Å². The highest BCUT2D eigenvalue weighted by molar-refractivity contribution is 9.10. The predicted molar refractivity (Wildman–Crippen MR) is 76.9 cm³/mol. The summed E-state index contributed by atoms with van der Waals surface area (Å²) in [6.07, 6.45) is 1.85. The zero-order valence-electron chi connectivity index (χ0n) is 11.1. The summed E-state index contributed by atoms with van der Waals surface area (Å²) in [6, 6.07) is 5.97. The van der Waals surface area contributed by atoms with Crippen molar-refractivity contribution in [3.8, 4) is 5.75 Å². The smallest absolute Gasteiger partial charge is 0.134 e. The van der Waals surface area contributed by atoms with Crippen LogP contribution < -0.4 is 10.1 Å². The molecule has 1 aromatic carbocycles. The van der Waals surface area contributed by atoms with Gasteiger partial charge in [-0.05, 0) is 30.3 Å². The van der Waals surface area contributed by atoms with E-state index >= 15 is 0 Å². The van der Waals surface area contributed by atoms with E-state index in [0.29, 0.717) is 6.61 Å². The van der Waals surface area contributed by atoms with Gasteiger partial charge in [-0.25, -0.2) is 0 Å². The van der Waals surface area contributed by atoms with Crippen LogP contribution in [-0.4, -0.2) is 21.5 Å². The fraction of sp³-hybridized carbons (Fsp3) is 0.385. The Bertz CT molecular complexity index is 541. The number of ether oxygens (including phenoxy) is 1. The lowest BCUT2D eigenvalue weighted by Crippen LogP contribution is -2.12. The van der Waals surface area contributed by atoms with Gasteiger partial charge in [0.05, 0.1) is 6.20 Å². The van der Waals surface area contributed by atoms with Gasteiger partial charge in [-0.2, -0.15) is 0 Å². The Hall–Kier alpha value is -1.40. The molecule has 0 radical (unpaired) electrons. The molecule has 0 bridgehead atoms. The standard InChI is InChI=1S/C13H17BrN4O/c1-3-15-7-10-6-12(4-5-13(10)14)19-9-11-8-18(2)17-16-11/h4-6,8,15H,3,7,9H2,1-2H3. The van der Waals surface area contributed by atoms with Crippen LogP contribution in [0.25, 0.3) is 0 Å². The number of halogens is 1. The molecule has 0 aliphatic heterocycles. The van der Waals surface area contributed by atoms with Crippen LogP contribution in [0.15, 0.2) is 28.9 Å². The molecule has 0 saturated carbocycles. The van der Waals surface area contributed by atoms with Crippen LogP contribution in [0, 0.1) is 0 Å². The molecule has 0 amide bonds. The number of aryl methyl sites for hydroxylation is 1. The second-order valence-electron chi connectivity index (χ2n) is 4.21. The summed E-state index contributed by atoms with van der Waals surface area (Å²) in [5.41, 5.74) is 2.00. The first-order valence-corrected chi connectivity index (χ1v) is 6.95. The van der Waals surface area contributed by atoms with E-state index < -0.39 is 0 Å². The number of hydrogen-bond acceptors (Lipinski definition) is 4. The van der Waals surface area contributed by atoms with Crippen LogP contribution in [0.3, 0.4) is 0 Å². The molecule has 0 aliphatic rings. The van der Waals surface area contributed by atoms with E-state index in [-0.39, 0.29) is 0 Å². The van der Waals surface area contributed by atoms with Crippen molar-refractivity contribution in [1.29, 1.82) is 0 Å². The van der Waals surface area contributed by atoms with Crippen molar-refractivity contribution in [3.63, 3.8) is 0 Å². The van der Waals surface area contributed by atoms with Crippen molar-refractivity contribution in [3.05, 3.63) is 40.1 Å². The highest BCUT2D eigenvalue weighted by atomic mass is 79.9. The first kappa shape index (κ1) is 14.0. The van der Waals surface area contributed by atoms with Gasteiger partial charge in [0.1, 0.15) is 18.1 Å². The van der Waals surface area contributed by atoms with Gasteiger partial charge >= 0.3 is 0 Å². The number of aromatic nitrogens is 3. The largest absolute Gasteiger partial charge is 0.487 e. The summed E-state index contributed by atoms with van der Waals surface area (Å²) in [6.45, 7) is 4.27. The Balaban J connectivity index is 2.00. The lowest BCUT2D eigenvalue weighted by molar-refractivity contribution is 0.300. The van der Waals surface area contributed by atoms with Gasteiger partial charge in [0, 0.05) is 18.1 Å². The number of hydrogen-bond donors (Lipinski definition) is 1. The van der Waals surface area contributed by atoms with Crippen LogP contribution in [0.1, 0.15) is 18.2 Å². The molecule has 0 atom stereocenters. The molecule has 0 saturated heterocycles. The Kier molecular flexibility index (Phi) is 4.93. The minimum Gasteiger partial charge on any atom is -0.487 e. The summed E-state index contributed by atoms with van der Waals surface area (Å²) < 4.78 is 8.46. The van der Waals surface area contributed by atoms with Crippen LogP contribution in [0.2, 0.25) is 0 Å². The third-order valence-electron chi connectivity index (χ3n) is 2.62. The van der Waals surface area contributed by atoms with E-state index in [1.54, 1.807) is 4.68 Å². The van der Waals surface area contributed by atoms with E-state index in [4.69, 9.17) is 4.74 Å². The number of rotatable bonds is 6. The van der Waals surface area contributed by atoms with Crippen molar-refractivity contribution >= 4 is 15.9 Å². The summed E-state index contributed by atoms with van der Waals surface area (Å²) in [7, 11) is 1.84. The normalized spacial score (nSPS) is 10.7. The molecule has 2 aromatic rings. The van der Waals surface area contributed by atoms with Gasteiger partial charge in [0.15, 0.2) is 0 Å². The zero-order chi connectivity index (χ0) is 13.7. The molecule has 0 aliphatic carbocycles. The molecule has 19 heavy (non-hydrogen) atoms. The molecular weight excluding hydrogens is 308 g/mol. The first-order chi connectivity index (χ1) is 9.19. The second-order valence-corrected chi connectivity index (χ2v) is 5.06. The molecule has 1 heterocycles. The van der Waals surface area contributed by atoms with E-state index in [1.807, 2.05) is 31.4 Å². The van der Waals surface area contributed by atoms with Crippen LogP contribution >= 0.6 is 15.9 Å². The summed E-state index contributed by atoms with van der Waals surface area (Å²) >= 11 is 3.54. The van der Waals surface area contributed by atoms with Gasteiger partial charge in [-0.3, -0.25) is 4.68 Å². The van der Waals surface area contributed by atoms with Crippen molar-refractivity contribution in [2.75, 3.05) is 6.54 Å². The van der Waals surface area contributed by atoms with E-state index in [2.05, 4.69) is 38.5 Å². The van der Waals surface area contributed by atoms with Crippen LogP contribution in [0.5, 0.6) is 5.75 Å². The number of benzene rings is 1. The third kappa shape index (κ3) is 4.04. The highest BCUT2D eigenvalue weighted by Crippen LogP contribution is 2.23. The van der Waals surface area contributed by atoms with Crippen molar-refractivity contribution in [1.82, 2.24) is 20.3 Å². The zero-order valence-corrected chi connectivity index (χ0v) is 12.6. The van der Waals surface area contributed by atoms with E-state index in [9.17, 15) is 0 Å². The number of nitrogens with zero attached hydrogens (tertiary/aromatic N) is 3. The molecule has 102 valence electrons. The molecule has 1 aromatic heterocycles. The average Bonchev–Trinajstić information content (AvgIpc) is 2.82. The summed E-state index contributed by atoms with van der Waals surface area (Å²) in [5, 5.41) is 11.2. The Morgan fingerprint density at radius 2 is 2.26 bits per heavy atom. The lowest BCUT2D eigenvalue weighted by Gasteiger charge is -2.09. The molecule has 5 nitrogen and oxygen atoms in total. The van der Waals surface area contributed by atoms with Gasteiger partial charge in [-0.15, -0.1) is 5.10 Å². The van der Waals surface area contributed by atoms with Crippen molar-refractivity contribution in [2.45, 2.75) is 20.1 Å². The minimum absolute atomic E-state index is 0.427. The molecule has 6 heteroatoms. The maximum absolute atomic E-state index is 5.72. The Labute approximate surface area is 121 Å². The van der Waals surface area contributed by atoms with Gasteiger partial charge in [0.2, 0.25) is 0 Å². The van der Waals surface area contributed by atoms with E-state index in [0.717, 1.165) is 29.0 Å². The lowest BCUT2D eigenvalue weighted by atomic mass is 10.2. The first-order valence-electron chi connectivity index (χ1n) is 6.16. The maximum Gasteiger partial charge on any atom is 0.134 e. The highest BCUT2D eigenvalue weighted by Gasteiger charge is 2.04. The SMILES string of the molecule is CCNCc1cc(OCc2cn(C)nn2)ccc1Br. The van der Waals surface area contributed by atoms with Gasteiger partial charge < -0.3 is 10.1 Å². The summed E-state index contributed by atoms with van der Waals surface area (Å²) in [5.74, 6) is 0.835. The molecule has 0 unspecified atom stereocenters. The van der Waals surface area contributed by atoms with Crippen molar-refractivity contribution < 1.29 is 4.74 Å². The third-order valence-corrected chi connectivity index (χ3v) is 3.39. The van der Waals surface area contributed by atoms with Crippen molar-refractivity contribution in [2.24, 2.45) is 7.05 Å². The molecular formula is C13H17BrN4O. The number of nitrogens with one attached hydrogen (secondary N) is 1. The predicted octanol–water partition coefficient (Wildman–Crippen LogP) is 2.27. The fourth-order valence-corrected chi connectivity index (χ4v) is 2.04. The molecule has 0 spiro atoms. The molecule has 1 N–H and O–H groups in total. The van der Waals surface area contributed by atoms with E-state index in [1.165, 1.54) is 5.56 Å². The second kappa shape index (κ2) is 6.68. The Morgan fingerprint density at radius 1 is 1.42 bits per heavy atom. The van der Waals surface area contributed by atoms with Crippen LogP contribution in [-0.2, 0) is 20.2 Å². The average molecular weight is 325 g/mol. The monoisotopic (exact) mass is 324 g/mol. The topological polar surface area (TPSA) is 52.0 Å². The van der Waals surface area contributed by atoms with Gasteiger partial charge in [-0.1, -0.05) is 28.1 Å². The van der Waals surface area contributed by atoms with Gasteiger partial charge in [0.25, 0.3) is 0 Å². The molecule has 0 fully saturated rings.